The van der Waals surface area contributed by atoms with E-state index in [0.29, 0.717) is 37.0 Å². The number of hydrogen-bond donors (Lipinski definition) is 0. The molecule has 4 aromatic carbocycles. The molecule has 0 aliphatic carbocycles. The molecule has 0 bridgehead atoms. The summed E-state index contributed by atoms with van der Waals surface area (Å²) in [5, 5.41) is 0. The van der Waals surface area contributed by atoms with E-state index in [9.17, 15) is 0 Å². The van der Waals surface area contributed by atoms with Crippen LogP contribution in [0.15, 0.2) is 121 Å². The van der Waals surface area contributed by atoms with Crippen LogP contribution in [0.2, 0.25) is 0 Å². The van der Waals surface area contributed by atoms with Gasteiger partial charge in [0.25, 0.3) is 0 Å². The molecule has 0 heterocycles. The molecule has 4 rings (SSSR count). The normalized spacial score (nSPS) is 17.3. The molecule has 0 saturated heterocycles. The zero-order valence-electron chi connectivity index (χ0n) is 25.8. The lowest BCUT2D eigenvalue weighted by Gasteiger charge is -2.30. The van der Waals surface area contributed by atoms with Crippen LogP contribution in [0.4, 0.5) is 0 Å². The summed E-state index contributed by atoms with van der Waals surface area (Å²) in [5.74, 6) is 0.744. The smallest absolute Gasteiger partial charge is 0.0893 e. The van der Waals surface area contributed by atoms with Crippen molar-refractivity contribution >= 4 is 14.3 Å². The summed E-state index contributed by atoms with van der Waals surface area (Å²) >= 11 is 0. The van der Waals surface area contributed by atoms with E-state index in [1.54, 1.807) is 0 Å². The topological polar surface area (TPSA) is 34.1 Å². The Morgan fingerprint density at radius 2 is 0.571 bits per heavy atom. The van der Waals surface area contributed by atoms with E-state index in [-0.39, 0.29) is 23.7 Å². The fraction of sp³-hybridized carbons (Fsp3) is 0.368. The molecule has 4 heteroatoms. The Labute approximate surface area is 254 Å². The van der Waals surface area contributed by atoms with Crippen LogP contribution in [0.3, 0.4) is 0 Å². The molecule has 4 aromatic rings. The van der Waals surface area contributed by atoms with Gasteiger partial charge in [0.2, 0.25) is 0 Å². The van der Waals surface area contributed by atoms with Crippen LogP contribution in [-0.4, -0.2) is 37.0 Å². The van der Waals surface area contributed by atoms with E-state index in [2.05, 4.69) is 125 Å². The monoisotopic (exact) mass is 598 g/mol. The molecule has 0 aromatic heterocycles. The first-order chi connectivity index (χ1) is 20.2. The van der Waals surface area contributed by atoms with E-state index in [4.69, 9.17) is 0 Å². The van der Waals surface area contributed by atoms with Gasteiger partial charge in [-0.2, -0.15) is 0 Å². The Balaban J connectivity index is 1.60. The van der Waals surface area contributed by atoms with Gasteiger partial charge in [0.15, 0.2) is 0 Å². The molecule has 0 amide bonds. The first kappa shape index (κ1) is 32.3. The van der Waals surface area contributed by atoms with Crippen LogP contribution in [-0.2, 0) is 9.13 Å². The highest BCUT2D eigenvalue weighted by atomic mass is 31.2. The van der Waals surface area contributed by atoms with Crippen molar-refractivity contribution in [1.82, 2.24) is 0 Å². The van der Waals surface area contributed by atoms with Gasteiger partial charge in [0, 0.05) is 37.0 Å². The predicted molar refractivity (Wildman–Crippen MR) is 184 cm³/mol. The van der Waals surface area contributed by atoms with Crippen LogP contribution in [0, 0.1) is 0 Å². The summed E-state index contributed by atoms with van der Waals surface area (Å²) in [6, 6.07) is 41.8. The van der Waals surface area contributed by atoms with Gasteiger partial charge in [-0.3, -0.25) is 0 Å². The average Bonchev–Trinajstić information content (AvgIpc) is 3.02. The average molecular weight is 599 g/mol. The zero-order valence-corrected chi connectivity index (χ0v) is 27.6. The largest absolute Gasteiger partial charge is 0.323 e. The lowest BCUT2D eigenvalue weighted by Crippen LogP contribution is -2.16. The molecular weight excluding hydrogens is 550 g/mol. The van der Waals surface area contributed by atoms with Gasteiger partial charge in [-0.25, -0.2) is 0 Å². The molecule has 42 heavy (non-hydrogen) atoms. The molecule has 0 N–H and O–H groups in total. The van der Waals surface area contributed by atoms with Crippen molar-refractivity contribution in [1.29, 1.82) is 0 Å². The summed E-state index contributed by atoms with van der Waals surface area (Å²) in [7, 11) is -5.32. The second-order valence-electron chi connectivity index (χ2n) is 12.5. The molecule has 4 atom stereocenters. The standard InChI is InChI=1S/C38H48O2P2/c1-31(35-17-9-5-10-18-35)27-41(39,28-32(2)36-19-11-6-12-20-36)25-26-42(40,29-33(3)37-21-13-7-14-22-37)30-34(4)38-23-15-8-16-24-38/h5-24,31-34H,25-30H2,1-4H3. The second-order valence-corrected chi connectivity index (χ2v) is 19.1. The van der Waals surface area contributed by atoms with Crippen LogP contribution in [0.5, 0.6) is 0 Å². The van der Waals surface area contributed by atoms with Crippen molar-refractivity contribution in [3.63, 3.8) is 0 Å². The number of rotatable bonds is 15. The summed E-state index contributed by atoms with van der Waals surface area (Å²) < 4.78 is 30.0. The van der Waals surface area contributed by atoms with Crippen molar-refractivity contribution in [2.24, 2.45) is 0 Å². The molecule has 0 spiro atoms. The Morgan fingerprint density at radius 3 is 0.762 bits per heavy atom. The summed E-state index contributed by atoms with van der Waals surface area (Å²) in [4.78, 5) is 0. The highest BCUT2D eigenvalue weighted by Crippen LogP contribution is 2.58. The molecule has 2 nitrogen and oxygen atoms in total. The Kier molecular flexibility index (Phi) is 11.7. The maximum Gasteiger partial charge on any atom is 0.0893 e. The van der Waals surface area contributed by atoms with Gasteiger partial charge < -0.3 is 9.13 Å². The third-order valence-corrected chi connectivity index (χ3v) is 16.1. The van der Waals surface area contributed by atoms with Gasteiger partial charge >= 0.3 is 0 Å². The highest BCUT2D eigenvalue weighted by Gasteiger charge is 2.34. The van der Waals surface area contributed by atoms with E-state index in [1.165, 1.54) is 22.3 Å². The zero-order chi connectivity index (χ0) is 30.0. The minimum Gasteiger partial charge on any atom is -0.323 e. The van der Waals surface area contributed by atoms with E-state index in [1.807, 2.05) is 24.3 Å². The van der Waals surface area contributed by atoms with Gasteiger partial charge in [0.1, 0.15) is 0 Å². The van der Waals surface area contributed by atoms with Crippen molar-refractivity contribution < 1.29 is 9.13 Å². The summed E-state index contributed by atoms with van der Waals surface area (Å²) in [6.07, 6.45) is 3.68. The Hall–Kier alpha value is -2.66. The molecular formula is C38H48O2P2. The summed E-state index contributed by atoms with van der Waals surface area (Å²) in [6.45, 7) is 8.79. The van der Waals surface area contributed by atoms with Crippen molar-refractivity contribution in [2.45, 2.75) is 51.4 Å². The van der Waals surface area contributed by atoms with Gasteiger partial charge in [-0.05, 0) is 45.9 Å². The number of hydrogen-bond acceptors (Lipinski definition) is 2. The van der Waals surface area contributed by atoms with Crippen LogP contribution in [0.25, 0.3) is 0 Å². The third kappa shape index (κ3) is 9.42. The van der Waals surface area contributed by atoms with Crippen LogP contribution < -0.4 is 0 Å². The Morgan fingerprint density at radius 1 is 0.381 bits per heavy atom. The van der Waals surface area contributed by atoms with E-state index < -0.39 is 14.3 Å². The van der Waals surface area contributed by atoms with E-state index in [0.717, 1.165) is 0 Å². The predicted octanol–water partition coefficient (Wildman–Crippen LogP) is 10.9. The molecule has 4 unspecified atom stereocenters. The molecule has 0 fully saturated rings. The lowest BCUT2D eigenvalue weighted by molar-refractivity contribution is 0.560. The number of benzene rings is 4. The molecule has 0 saturated carbocycles. The van der Waals surface area contributed by atoms with Crippen molar-refractivity contribution in [3.05, 3.63) is 144 Å². The molecule has 0 aliphatic heterocycles. The minimum atomic E-state index is -2.66. The Bertz CT molecular complexity index is 1220. The van der Waals surface area contributed by atoms with Crippen LogP contribution >= 0.6 is 14.3 Å². The second kappa shape index (κ2) is 15.2. The van der Waals surface area contributed by atoms with Gasteiger partial charge in [-0.15, -0.1) is 0 Å². The van der Waals surface area contributed by atoms with E-state index >= 15 is 9.13 Å². The molecule has 0 aliphatic rings. The molecule has 0 radical (unpaired) electrons. The highest BCUT2D eigenvalue weighted by molar-refractivity contribution is 7.68. The lowest BCUT2D eigenvalue weighted by atomic mass is 10.0. The minimum absolute atomic E-state index is 0.186. The third-order valence-electron chi connectivity index (χ3n) is 8.82. The fourth-order valence-electron chi connectivity index (χ4n) is 6.42. The summed E-state index contributed by atoms with van der Waals surface area (Å²) in [5.41, 5.74) is 4.90. The fourth-order valence-corrected chi connectivity index (χ4v) is 15.2. The SMILES string of the molecule is CC(CP(=O)(CCP(=O)(CC(C)c1ccccc1)CC(C)c1ccccc1)CC(C)c1ccccc1)c1ccccc1. The van der Waals surface area contributed by atoms with Crippen LogP contribution in [0.1, 0.15) is 73.6 Å². The van der Waals surface area contributed by atoms with Crippen molar-refractivity contribution in [2.75, 3.05) is 37.0 Å². The van der Waals surface area contributed by atoms with Crippen molar-refractivity contribution in [3.8, 4) is 0 Å². The maximum atomic E-state index is 15.0. The van der Waals surface area contributed by atoms with Gasteiger partial charge in [0.05, 0.1) is 14.3 Å². The first-order valence-electron chi connectivity index (χ1n) is 15.5. The first-order valence-corrected chi connectivity index (χ1v) is 20.0. The molecule has 222 valence electrons. The quantitative estimate of drug-likeness (QED) is 0.128. The van der Waals surface area contributed by atoms with Gasteiger partial charge in [-0.1, -0.05) is 149 Å². The maximum absolute atomic E-state index is 15.0.